The van der Waals surface area contributed by atoms with Crippen molar-refractivity contribution < 1.29 is 0 Å². The molecule has 0 atom stereocenters. The summed E-state index contributed by atoms with van der Waals surface area (Å²) >= 11 is 0. The molecule has 0 radical (unpaired) electrons. The summed E-state index contributed by atoms with van der Waals surface area (Å²) in [5, 5.41) is 0. The molecule has 0 aliphatic heterocycles. The van der Waals surface area contributed by atoms with Crippen molar-refractivity contribution >= 4 is 0 Å². The van der Waals surface area contributed by atoms with Crippen LogP contribution in [0.5, 0.6) is 0 Å². The highest BCUT2D eigenvalue weighted by Crippen LogP contribution is 2.13. The van der Waals surface area contributed by atoms with E-state index in [1.54, 1.807) is 0 Å². The third kappa shape index (κ3) is 24.1. The molecule has 0 unspecified atom stereocenters. The van der Waals surface area contributed by atoms with Crippen LogP contribution in [0.2, 0.25) is 0 Å². The van der Waals surface area contributed by atoms with Crippen molar-refractivity contribution in [2.24, 2.45) is 5.92 Å². The third-order valence-electron chi connectivity index (χ3n) is 6.41. The number of rotatable bonds is 24. The van der Waals surface area contributed by atoms with Crippen molar-refractivity contribution in [1.29, 1.82) is 0 Å². The summed E-state index contributed by atoms with van der Waals surface area (Å²) in [4.78, 5) is 2.81. The van der Waals surface area contributed by atoms with E-state index >= 15 is 0 Å². The van der Waals surface area contributed by atoms with Crippen LogP contribution < -0.4 is 0 Å². The fourth-order valence-corrected chi connectivity index (χ4v) is 4.34. The van der Waals surface area contributed by atoms with Crippen molar-refractivity contribution in [3.8, 4) is 0 Å². The van der Waals surface area contributed by atoms with Crippen LogP contribution in [0.1, 0.15) is 156 Å². The Balaban J connectivity index is 3.82. The standard InChI is InChI=1S/C28H59N/c1-5-7-9-11-13-15-17-21-25-29(27-23-19-20-24-28(3)4)26-22-18-16-14-12-10-8-6-2/h28H,5-27H2,1-4H3. The maximum absolute atomic E-state index is 2.81. The van der Waals surface area contributed by atoms with Crippen LogP contribution in [0, 0.1) is 5.92 Å². The first-order valence-corrected chi connectivity index (χ1v) is 13.9. The smallest absolute Gasteiger partial charge is 0.00187 e. The summed E-state index contributed by atoms with van der Waals surface area (Å²) in [6.45, 7) is 13.4. The first kappa shape index (κ1) is 29.0. The van der Waals surface area contributed by atoms with Gasteiger partial charge in [-0.15, -0.1) is 0 Å². The minimum atomic E-state index is 0.876. The van der Waals surface area contributed by atoms with Gasteiger partial charge in [0.05, 0.1) is 0 Å². The minimum absolute atomic E-state index is 0.876. The van der Waals surface area contributed by atoms with Crippen molar-refractivity contribution in [2.75, 3.05) is 19.6 Å². The molecule has 0 bridgehead atoms. The number of hydrogen-bond donors (Lipinski definition) is 0. The van der Waals surface area contributed by atoms with Gasteiger partial charge in [-0.05, 0) is 44.8 Å². The zero-order chi connectivity index (χ0) is 21.4. The minimum Gasteiger partial charge on any atom is -0.303 e. The lowest BCUT2D eigenvalue weighted by Crippen LogP contribution is -2.27. The average Bonchev–Trinajstić information content (AvgIpc) is 2.70. The van der Waals surface area contributed by atoms with Crippen LogP contribution in [0.25, 0.3) is 0 Å². The molecular formula is C28H59N. The van der Waals surface area contributed by atoms with E-state index in [0.29, 0.717) is 0 Å². The highest BCUT2D eigenvalue weighted by atomic mass is 15.1. The molecular weight excluding hydrogens is 350 g/mol. The monoisotopic (exact) mass is 409 g/mol. The Morgan fingerprint density at radius 3 is 1.07 bits per heavy atom. The molecule has 1 nitrogen and oxygen atoms in total. The molecule has 0 aromatic carbocycles. The van der Waals surface area contributed by atoms with Crippen molar-refractivity contribution in [1.82, 2.24) is 4.90 Å². The van der Waals surface area contributed by atoms with Crippen LogP contribution in [0.4, 0.5) is 0 Å². The summed E-state index contributed by atoms with van der Waals surface area (Å²) in [6, 6.07) is 0. The Labute approximate surface area is 186 Å². The topological polar surface area (TPSA) is 3.24 Å². The molecule has 0 aliphatic carbocycles. The predicted octanol–water partition coefficient (Wildman–Crippen LogP) is 9.79. The van der Waals surface area contributed by atoms with Crippen LogP contribution in [-0.2, 0) is 0 Å². The Bertz CT molecular complexity index is 266. The lowest BCUT2D eigenvalue weighted by Gasteiger charge is -2.22. The second-order valence-electron chi connectivity index (χ2n) is 10.0. The van der Waals surface area contributed by atoms with Gasteiger partial charge >= 0.3 is 0 Å². The van der Waals surface area contributed by atoms with Crippen molar-refractivity contribution in [3.63, 3.8) is 0 Å². The van der Waals surface area contributed by atoms with Crippen LogP contribution in [-0.4, -0.2) is 24.5 Å². The first-order valence-electron chi connectivity index (χ1n) is 13.9. The fraction of sp³-hybridized carbons (Fsp3) is 1.00. The summed E-state index contributed by atoms with van der Waals surface area (Å²) in [5.41, 5.74) is 0. The van der Waals surface area contributed by atoms with Crippen LogP contribution >= 0.6 is 0 Å². The maximum Gasteiger partial charge on any atom is -0.00187 e. The number of nitrogens with zero attached hydrogens (tertiary/aromatic N) is 1. The largest absolute Gasteiger partial charge is 0.303 e. The maximum atomic E-state index is 2.81. The SMILES string of the molecule is CCCCCCCCCCN(CCCCCCCCCC)CCCCCC(C)C. The second-order valence-corrected chi connectivity index (χ2v) is 10.0. The zero-order valence-electron chi connectivity index (χ0n) is 21.3. The Hall–Kier alpha value is -0.0400. The van der Waals surface area contributed by atoms with E-state index in [4.69, 9.17) is 0 Å². The van der Waals surface area contributed by atoms with Gasteiger partial charge in [-0.3, -0.25) is 0 Å². The van der Waals surface area contributed by atoms with Gasteiger partial charge < -0.3 is 4.90 Å². The van der Waals surface area contributed by atoms with Gasteiger partial charge in [0.1, 0.15) is 0 Å². The Morgan fingerprint density at radius 2 is 0.724 bits per heavy atom. The van der Waals surface area contributed by atoms with E-state index in [1.807, 2.05) is 0 Å². The number of hydrogen-bond acceptors (Lipinski definition) is 1. The molecule has 0 heterocycles. The molecule has 0 aliphatic rings. The Morgan fingerprint density at radius 1 is 0.414 bits per heavy atom. The van der Waals surface area contributed by atoms with Crippen molar-refractivity contribution in [3.05, 3.63) is 0 Å². The molecule has 0 aromatic rings. The predicted molar refractivity (Wildman–Crippen MR) is 135 cm³/mol. The molecule has 1 heteroatoms. The van der Waals surface area contributed by atoms with E-state index in [0.717, 1.165) is 5.92 Å². The average molecular weight is 410 g/mol. The molecule has 176 valence electrons. The summed E-state index contributed by atoms with van der Waals surface area (Å²) in [6.07, 6.45) is 28.7. The van der Waals surface area contributed by atoms with Crippen LogP contribution in [0.3, 0.4) is 0 Å². The van der Waals surface area contributed by atoms with Crippen molar-refractivity contribution in [2.45, 2.75) is 156 Å². The molecule has 0 aromatic heterocycles. The van der Waals surface area contributed by atoms with Gasteiger partial charge in [0.2, 0.25) is 0 Å². The summed E-state index contributed by atoms with van der Waals surface area (Å²) in [7, 11) is 0. The fourth-order valence-electron chi connectivity index (χ4n) is 4.34. The Kier molecular flexibility index (Phi) is 24.2. The third-order valence-corrected chi connectivity index (χ3v) is 6.41. The number of unbranched alkanes of at least 4 members (excludes halogenated alkanes) is 16. The molecule has 0 saturated heterocycles. The van der Waals surface area contributed by atoms with E-state index in [9.17, 15) is 0 Å². The van der Waals surface area contributed by atoms with Gasteiger partial charge in [0.15, 0.2) is 0 Å². The molecule has 0 rings (SSSR count). The highest BCUT2D eigenvalue weighted by molar-refractivity contribution is 4.61. The zero-order valence-corrected chi connectivity index (χ0v) is 21.3. The van der Waals surface area contributed by atoms with Gasteiger partial charge in [0.25, 0.3) is 0 Å². The van der Waals surface area contributed by atoms with Gasteiger partial charge in [0, 0.05) is 0 Å². The molecule has 0 fully saturated rings. The van der Waals surface area contributed by atoms with Gasteiger partial charge in [-0.25, -0.2) is 0 Å². The molecule has 0 saturated carbocycles. The summed E-state index contributed by atoms with van der Waals surface area (Å²) in [5.74, 6) is 0.876. The highest BCUT2D eigenvalue weighted by Gasteiger charge is 2.05. The van der Waals surface area contributed by atoms with Gasteiger partial charge in [-0.2, -0.15) is 0 Å². The quantitative estimate of drug-likeness (QED) is 0.143. The lowest BCUT2D eigenvalue weighted by atomic mass is 10.0. The molecule has 29 heavy (non-hydrogen) atoms. The van der Waals surface area contributed by atoms with Gasteiger partial charge in [-0.1, -0.05) is 137 Å². The summed E-state index contributed by atoms with van der Waals surface area (Å²) < 4.78 is 0. The second kappa shape index (κ2) is 24.2. The molecule has 0 amide bonds. The molecule has 0 spiro atoms. The van der Waals surface area contributed by atoms with E-state index in [2.05, 4.69) is 32.6 Å². The normalized spacial score (nSPS) is 11.8. The van der Waals surface area contributed by atoms with Crippen LogP contribution in [0.15, 0.2) is 0 Å². The van der Waals surface area contributed by atoms with E-state index in [1.165, 1.54) is 148 Å². The van der Waals surface area contributed by atoms with E-state index in [-0.39, 0.29) is 0 Å². The van der Waals surface area contributed by atoms with E-state index < -0.39 is 0 Å². The first-order chi connectivity index (χ1) is 14.2. The lowest BCUT2D eigenvalue weighted by molar-refractivity contribution is 0.253. The molecule has 0 N–H and O–H groups in total.